The van der Waals surface area contributed by atoms with E-state index in [1.807, 2.05) is 0 Å². The smallest absolute Gasteiger partial charge is 0.424 e. The van der Waals surface area contributed by atoms with E-state index in [0.717, 1.165) is 6.08 Å². The predicted octanol–water partition coefficient (Wildman–Crippen LogP) is -0.153. The van der Waals surface area contributed by atoms with Crippen LogP contribution in [-0.4, -0.2) is 38.3 Å². The van der Waals surface area contributed by atoms with Gasteiger partial charge in [0.25, 0.3) is 5.70 Å². The average molecular weight is 308 g/mol. The van der Waals surface area contributed by atoms with Crippen LogP contribution in [0.15, 0.2) is 23.9 Å². The van der Waals surface area contributed by atoms with Crippen molar-refractivity contribution in [2.45, 2.75) is 19.1 Å². The van der Waals surface area contributed by atoms with Gasteiger partial charge in [0.1, 0.15) is 6.61 Å². The fourth-order valence-corrected chi connectivity index (χ4v) is 1.89. The van der Waals surface area contributed by atoms with E-state index in [-0.39, 0.29) is 11.3 Å². The lowest BCUT2D eigenvalue weighted by atomic mass is 10.0. The van der Waals surface area contributed by atoms with Gasteiger partial charge in [-0.1, -0.05) is 6.58 Å². The topological polar surface area (TPSA) is 148 Å². The normalized spacial score (nSPS) is 23.6. The first-order valence-corrected chi connectivity index (χ1v) is 6.65. The zero-order chi connectivity index (χ0) is 15.5. The Kier molecular flexibility index (Phi) is 4.81. The quantitative estimate of drug-likeness (QED) is 0.308. The highest BCUT2D eigenvalue weighted by Gasteiger charge is 2.41. The second-order valence-corrected chi connectivity index (χ2v) is 4.97. The Hall–Kier alpha value is -1.98. The van der Waals surface area contributed by atoms with Gasteiger partial charge >= 0.3 is 16.5 Å². The van der Waals surface area contributed by atoms with Crippen LogP contribution >= 0.6 is 0 Å². The van der Waals surface area contributed by atoms with Crippen LogP contribution in [-0.2, 0) is 24.0 Å². The molecule has 1 aliphatic rings. The maximum Gasteiger partial charge on any atom is 0.509 e. The minimum atomic E-state index is -4.24. The number of carbonyl (C=O) groups excluding carboxylic acids is 1. The molecule has 20 heavy (non-hydrogen) atoms. The molecule has 1 fully saturated rings. The van der Waals surface area contributed by atoms with Gasteiger partial charge in [-0.15, -0.1) is 0 Å². The number of cyclic esters (lactones) is 2. The summed E-state index contributed by atoms with van der Waals surface area (Å²) in [5.74, 6) is 0. The molecule has 112 valence electrons. The third kappa shape index (κ3) is 4.01. The minimum Gasteiger partial charge on any atom is -0.424 e. The molecule has 10 nitrogen and oxygen atoms in total. The van der Waals surface area contributed by atoms with Gasteiger partial charge in [0, 0.05) is 11.6 Å². The highest BCUT2D eigenvalue weighted by atomic mass is 32.2. The summed E-state index contributed by atoms with van der Waals surface area (Å²) in [5.41, 5.74) is -0.340. The van der Waals surface area contributed by atoms with Gasteiger partial charge < -0.3 is 9.47 Å². The zero-order valence-corrected chi connectivity index (χ0v) is 11.2. The van der Waals surface area contributed by atoms with Crippen molar-refractivity contribution in [2.75, 3.05) is 6.61 Å². The molecule has 2 N–H and O–H groups in total. The van der Waals surface area contributed by atoms with E-state index < -0.39 is 40.2 Å². The summed E-state index contributed by atoms with van der Waals surface area (Å²) in [5, 5.41) is 15.4. The molecule has 0 aliphatic carbocycles. The summed E-state index contributed by atoms with van der Waals surface area (Å²) in [6, 6.07) is 0. The molecule has 0 saturated carbocycles. The van der Waals surface area contributed by atoms with Crippen molar-refractivity contribution in [3.05, 3.63) is 34.0 Å². The fraction of sp³-hybridized carbons (Fsp3) is 0.444. The van der Waals surface area contributed by atoms with Gasteiger partial charge in [0.15, 0.2) is 12.2 Å². The number of nitro groups is 1. The van der Waals surface area contributed by atoms with E-state index in [2.05, 4.69) is 20.6 Å². The summed E-state index contributed by atoms with van der Waals surface area (Å²) in [4.78, 5) is 21.1. The molecule has 2 atom stereocenters. The Balaban J connectivity index is 2.99. The molecule has 0 aromatic rings. The molecule has 0 aromatic carbocycles. The first-order chi connectivity index (χ1) is 9.15. The zero-order valence-electron chi connectivity index (χ0n) is 10.3. The van der Waals surface area contributed by atoms with Crippen LogP contribution in [0, 0.1) is 10.1 Å². The van der Waals surface area contributed by atoms with E-state index in [0.29, 0.717) is 0 Å². The Bertz CT molecular complexity index is 566. The second kappa shape index (κ2) is 5.98. The number of hydrogen-bond donors (Lipinski definition) is 1. The summed E-state index contributed by atoms with van der Waals surface area (Å²) >= 11 is 0. The number of ether oxygens (including phenoxy) is 2. The predicted molar refractivity (Wildman–Crippen MR) is 64.1 cm³/mol. The van der Waals surface area contributed by atoms with E-state index in [4.69, 9.17) is 4.74 Å². The van der Waals surface area contributed by atoms with Crippen molar-refractivity contribution in [2.24, 2.45) is 5.14 Å². The number of allylic oxidation sites excluding steroid dienone is 1. The third-order valence-corrected chi connectivity index (χ3v) is 2.89. The first-order valence-electron chi connectivity index (χ1n) is 5.17. The van der Waals surface area contributed by atoms with Gasteiger partial charge in [0.2, 0.25) is 0 Å². The number of hydrogen-bond acceptors (Lipinski definition) is 8. The van der Waals surface area contributed by atoms with Crippen LogP contribution in [0.2, 0.25) is 0 Å². The SMILES string of the molecule is C=C/C(=C(\C)C1OC(=O)OC1COS(N)(=O)=O)[N+](=O)[O-]. The lowest BCUT2D eigenvalue weighted by Crippen LogP contribution is -2.32. The largest absolute Gasteiger partial charge is 0.509 e. The lowest BCUT2D eigenvalue weighted by Gasteiger charge is -2.14. The van der Waals surface area contributed by atoms with Gasteiger partial charge in [-0.05, 0) is 6.92 Å². The molecular formula is C9H12N2O8S. The van der Waals surface area contributed by atoms with Crippen LogP contribution in [0.4, 0.5) is 4.79 Å². The molecule has 0 radical (unpaired) electrons. The standard InChI is InChI=1S/C9H12N2O8S/c1-3-6(11(13)14)5(2)8-7(18-9(12)19-8)4-17-20(10,15)16/h3,7-8H,1,4H2,2H3,(H2,10,15,16)/b6-5-. The van der Waals surface area contributed by atoms with Crippen LogP contribution in [0.1, 0.15) is 6.92 Å². The van der Waals surface area contributed by atoms with Crippen molar-refractivity contribution in [1.29, 1.82) is 0 Å². The van der Waals surface area contributed by atoms with E-state index in [1.165, 1.54) is 6.92 Å². The number of rotatable bonds is 6. The Labute approximate surface area is 114 Å². The minimum absolute atomic E-state index is 0.0406. The summed E-state index contributed by atoms with van der Waals surface area (Å²) in [7, 11) is -4.24. The maximum absolute atomic E-state index is 11.1. The summed E-state index contributed by atoms with van der Waals surface area (Å²) in [6.07, 6.45) is -2.46. The fourth-order valence-electron chi connectivity index (χ4n) is 1.57. The number of nitrogens with two attached hydrogens (primary N) is 1. The third-order valence-electron chi connectivity index (χ3n) is 2.43. The van der Waals surface area contributed by atoms with E-state index in [9.17, 15) is 23.3 Å². The van der Waals surface area contributed by atoms with Crippen LogP contribution < -0.4 is 5.14 Å². The van der Waals surface area contributed by atoms with Gasteiger partial charge in [-0.3, -0.25) is 14.3 Å². The second-order valence-electron chi connectivity index (χ2n) is 3.75. The summed E-state index contributed by atoms with van der Waals surface area (Å²) < 4.78 is 35.1. The molecule has 1 saturated heterocycles. The molecule has 0 spiro atoms. The van der Waals surface area contributed by atoms with Crippen molar-refractivity contribution >= 4 is 16.5 Å². The first kappa shape index (κ1) is 16.1. The molecule has 0 bridgehead atoms. The summed E-state index contributed by atoms with van der Waals surface area (Å²) in [6.45, 7) is 3.99. The average Bonchev–Trinajstić information content (AvgIpc) is 2.67. The highest BCUT2D eigenvalue weighted by Crippen LogP contribution is 2.25. The number of carbonyl (C=O) groups is 1. The molecule has 0 amide bonds. The molecule has 1 rings (SSSR count). The molecule has 1 heterocycles. The van der Waals surface area contributed by atoms with E-state index in [1.54, 1.807) is 0 Å². The molecular weight excluding hydrogens is 296 g/mol. The van der Waals surface area contributed by atoms with Crippen LogP contribution in [0.3, 0.4) is 0 Å². The molecule has 1 aliphatic heterocycles. The van der Waals surface area contributed by atoms with Crippen molar-refractivity contribution in [3.63, 3.8) is 0 Å². The monoisotopic (exact) mass is 308 g/mol. The number of nitrogens with zero attached hydrogens (tertiary/aromatic N) is 1. The molecule has 2 unspecified atom stereocenters. The van der Waals surface area contributed by atoms with Crippen molar-refractivity contribution < 1.29 is 31.8 Å². The van der Waals surface area contributed by atoms with Crippen molar-refractivity contribution in [1.82, 2.24) is 0 Å². The molecule has 11 heteroatoms. The van der Waals surface area contributed by atoms with Crippen LogP contribution in [0.5, 0.6) is 0 Å². The highest BCUT2D eigenvalue weighted by molar-refractivity contribution is 7.84. The van der Waals surface area contributed by atoms with E-state index >= 15 is 0 Å². The Morgan fingerprint density at radius 1 is 1.60 bits per heavy atom. The van der Waals surface area contributed by atoms with Gasteiger partial charge in [0.05, 0.1) is 4.92 Å². The Morgan fingerprint density at radius 2 is 2.20 bits per heavy atom. The van der Waals surface area contributed by atoms with Crippen LogP contribution in [0.25, 0.3) is 0 Å². The lowest BCUT2D eigenvalue weighted by molar-refractivity contribution is -0.420. The maximum atomic E-state index is 11.1. The molecule has 0 aromatic heterocycles. The van der Waals surface area contributed by atoms with Gasteiger partial charge in [-0.25, -0.2) is 9.93 Å². The Morgan fingerprint density at radius 3 is 2.65 bits per heavy atom. The van der Waals surface area contributed by atoms with Crippen molar-refractivity contribution in [3.8, 4) is 0 Å². The van der Waals surface area contributed by atoms with Gasteiger partial charge in [-0.2, -0.15) is 8.42 Å².